The van der Waals surface area contributed by atoms with Crippen molar-refractivity contribution in [2.24, 2.45) is 0 Å². The van der Waals surface area contributed by atoms with Crippen molar-refractivity contribution in [3.05, 3.63) is 29.0 Å². The van der Waals surface area contributed by atoms with Crippen LogP contribution in [-0.2, 0) is 6.54 Å². The van der Waals surface area contributed by atoms with Crippen molar-refractivity contribution in [1.82, 2.24) is 5.32 Å². The number of hydrogen-bond acceptors (Lipinski definition) is 3. The topological polar surface area (TPSA) is 34.4 Å². The molecule has 1 N–H and O–H groups in total. The van der Waals surface area contributed by atoms with E-state index in [0.29, 0.717) is 6.04 Å². The summed E-state index contributed by atoms with van der Waals surface area (Å²) < 4.78 is 11.3. The number of hydrogen-bond donors (Lipinski definition) is 1. The van der Waals surface area contributed by atoms with Crippen LogP contribution in [0.25, 0.3) is 11.0 Å². The molecule has 1 heterocycles. The highest BCUT2D eigenvalue weighted by Gasteiger charge is 2.14. The quantitative estimate of drug-likeness (QED) is 0.897. The summed E-state index contributed by atoms with van der Waals surface area (Å²) in [5.41, 5.74) is 3.23. The van der Waals surface area contributed by atoms with Gasteiger partial charge in [-0.1, -0.05) is 13.8 Å². The van der Waals surface area contributed by atoms with Crippen LogP contribution in [-0.4, -0.2) is 13.2 Å². The minimum atomic E-state index is 0.446. The lowest BCUT2D eigenvalue weighted by molar-refractivity contribution is 0.404. The van der Waals surface area contributed by atoms with Crippen molar-refractivity contribution in [3.63, 3.8) is 0 Å². The van der Waals surface area contributed by atoms with E-state index in [9.17, 15) is 0 Å². The zero-order valence-electron chi connectivity index (χ0n) is 11.8. The van der Waals surface area contributed by atoms with Gasteiger partial charge in [0.25, 0.3) is 0 Å². The summed E-state index contributed by atoms with van der Waals surface area (Å²) in [6.07, 6.45) is 0. The lowest BCUT2D eigenvalue weighted by Crippen LogP contribution is -2.21. The normalized spacial score (nSPS) is 11.4. The van der Waals surface area contributed by atoms with E-state index in [4.69, 9.17) is 9.15 Å². The van der Waals surface area contributed by atoms with E-state index in [1.807, 2.05) is 6.07 Å². The highest BCUT2D eigenvalue weighted by Crippen LogP contribution is 2.33. The standard InChI is InChI=1S/C15H21NO2/c1-9(2)16-8-14-11(4)12-6-10(3)7-13(17-5)15(12)18-14/h6-7,9,16H,8H2,1-5H3. The highest BCUT2D eigenvalue weighted by atomic mass is 16.5. The second-order valence-corrected chi connectivity index (χ2v) is 5.03. The fourth-order valence-corrected chi connectivity index (χ4v) is 2.09. The molecule has 0 aliphatic carbocycles. The zero-order chi connectivity index (χ0) is 13.3. The number of rotatable bonds is 4. The zero-order valence-corrected chi connectivity index (χ0v) is 11.8. The Hall–Kier alpha value is -1.48. The molecule has 0 fully saturated rings. The molecule has 0 saturated carbocycles. The SMILES string of the molecule is COc1cc(C)cc2c(C)c(CNC(C)C)oc12. The Balaban J connectivity index is 2.48. The number of nitrogens with one attached hydrogen (secondary N) is 1. The Morgan fingerprint density at radius 1 is 1.28 bits per heavy atom. The second-order valence-electron chi connectivity index (χ2n) is 5.03. The van der Waals surface area contributed by atoms with Gasteiger partial charge in [0.15, 0.2) is 11.3 Å². The van der Waals surface area contributed by atoms with E-state index in [2.05, 4.69) is 39.1 Å². The van der Waals surface area contributed by atoms with Gasteiger partial charge in [0.2, 0.25) is 0 Å². The molecule has 0 saturated heterocycles. The summed E-state index contributed by atoms with van der Waals surface area (Å²) in [6, 6.07) is 4.60. The lowest BCUT2D eigenvalue weighted by Gasteiger charge is -2.05. The van der Waals surface area contributed by atoms with Gasteiger partial charge in [-0.25, -0.2) is 0 Å². The first-order chi connectivity index (χ1) is 8.52. The summed E-state index contributed by atoms with van der Waals surface area (Å²) in [7, 11) is 1.68. The molecular formula is C15H21NO2. The molecule has 18 heavy (non-hydrogen) atoms. The number of furan rings is 1. The van der Waals surface area contributed by atoms with Gasteiger partial charge in [-0.15, -0.1) is 0 Å². The minimum absolute atomic E-state index is 0.446. The van der Waals surface area contributed by atoms with Crippen LogP contribution in [0.5, 0.6) is 5.75 Å². The Morgan fingerprint density at radius 3 is 2.61 bits per heavy atom. The molecular weight excluding hydrogens is 226 g/mol. The van der Waals surface area contributed by atoms with E-state index in [-0.39, 0.29) is 0 Å². The summed E-state index contributed by atoms with van der Waals surface area (Å²) in [5.74, 6) is 1.80. The van der Waals surface area contributed by atoms with Crippen molar-refractivity contribution in [3.8, 4) is 5.75 Å². The first kappa shape index (κ1) is 13.0. The highest BCUT2D eigenvalue weighted by molar-refractivity contribution is 5.87. The smallest absolute Gasteiger partial charge is 0.176 e. The van der Waals surface area contributed by atoms with Crippen LogP contribution in [0.15, 0.2) is 16.5 Å². The van der Waals surface area contributed by atoms with E-state index in [0.717, 1.165) is 29.0 Å². The van der Waals surface area contributed by atoms with Gasteiger partial charge < -0.3 is 14.5 Å². The van der Waals surface area contributed by atoms with Gasteiger partial charge in [0.05, 0.1) is 13.7 Å². The van der Waals surface area contributed by atoms with Gasteiger partial charge in [-0.05, 0) is 37.1 Å². The average Bonchev–Trinajstić information content (AvgIpc) is 2.63. The molecule has 0 spiro atoms. The Morgan fingerprint density at radius 2 is 2.00 bits per heavy atom. The van der Waals surface area contributed by atoms with Gasteiger partial charge in [0, 0.05) is 11.4 Å². The number of benzene rings is 1. The number of aryl methyl sites for hydroxylation is 2. The van der Waals surface area contributed by atoms with Crippen LogP contribution in [0.2, 0.25) is 0 Å². The third kappa shape index (κ3) is 2.36. The summed E-state index contributed by atoms with van der Waals surface area (Å²) in [6.45, 7) is 9.17. The molecule has 0 radical (unpaired) electrons. The molecule has 0 aliphatic rings. The Kier molecular flexibility index (Phi) is 3.62. The molecule has 2 aromatic rings. The van der Waals surface area contributed by atoms with E-state index in [1.165, 1.54) is 11.1 Å². The minimum Gasteiger partial charge on any atom is -0.493 e. The van der Waals surface area contributed by atoms with Crippen molar-refractivity contribution >= 4 is 11.0 Å². The third-order valence-corrected chi connectivity index (χ3v) is 3.14. The molecule has 0 aliphatic heterocycles. The largest absolute Gasteiger partial charge is 0.493 e. The summed E-state index contributed by atoms with van der Waals surface area (Å²) in [4.78, 5) is 0. The predicted molar refractivity (Wildman–Crippen MR) is 74.2 cm³/mol. The van der Waals surface area contributed by atoms with Crippen molar-refractivity contribution in [2.75, 3.05) is 7.11 Å². The molecule has 0 bridgehead atoms. The van der Waals surface area contributed by atoms with Crippen LogP contribution in [0.3, 0.4) is 0 Å². The molecule has 3 nitrogen and oxygen atoms in total. The summed E-state index contributed by atoms with van der Waals surface area (Å²) in [5, 5.41) is 4.53. The van der Waals surface area contributed by atoms with E-state index in [1.54, 1.807) is 7.11 Å². The Bertz CT molecular complexity index is 555. The molecule has 98 valence electrons. The molecule has 0 unspecified atom stereocenters. The number of fused-ring (bicyclic) bond motifs is 1. The molecule has 0 amide bonds. The lowest BCUT2D eigenvalue weighted by atomic mass is 10.1. The average molecular weight is 247 g/mol. The molecule has 0 atom stereocenters. The van der Waals surface area contributed by atoms with Crippen LogP contribution in [0.1, 0.15) is 30.7 Å². The fourth-order valence-electron chi connectivity index (χ4n) is 2.09. The van der Waals surface area contributed by atoms with Crippen LogP contribution < -0.4 is 10.1 Å². The molecule has 1 aromatic heterocycles. The monoisotopic (exact) mass is 247 g/mol. The fraction of sp³-hybridized carbons (Fsp3) is 0.467. The Labute approximate surface area is 108 Å². The van der Waals surface area contributed by atoms with E-state index >= 15 is 0 Å². The van der Waals surface area contributed by atoms with Crippen LogP contribution in [0, 0.1) is 13.8 Å². The van der Waals surface area contributed by atoms with Crippen molar-refractivity contribution in [1.29, 1.82) is 0 Å². The maximum Gasteiger partial charge on any atom is 0.176 e. The number of ether oxygens (including phenoxy) is 1. The second kappa shape index (κ2) is 5.02. The van der Waals surface area contributed by atoms with Crippen molar-refractivity contribution in [2.45, 2.75) is 40.3 Å². The van der Waals surface area contributed by atoms with Gasteiger partial charge in [-0.3, -0.25) is 0 Å². The predicted octanol–water partition coefficient (Wildman–Crippen LogP) is 3.56. The van der Waals surface area contributed by atoms with Crippen LogP contribution in [0.4, 0.5) is 0 Å². The van der Waals surface area contributed by atoms with Gasteiger partial charge >= 0.3 is 0 Å². The molecule has 1 aromatic carbocycles. The maximum absolute atomic E-state index is 5.94. The van der Waals surface area contributed by atoms with Crippen molar-refractivity contribution < 1.29 is 9.15 Å². The molecule has 3 heteroatoms. The summed E-state index contributed by atoms with van der Waals surface area (Å²) >= 11 is 0. The third-order valence-electron chi connectivity index (χ3n) is 3.14. The van der Waals surface area contributed by atoms with E-state index < -0.39 is 0 Å². The van der Waals surface area contributed by atoms with Gasteiger partial charge in [0.1, 0.15) is 5.76 Å². The maximum atomic E-state index is 5.94. The van der Waals surface area contributed by atoms with Crippen LogP contribution >= 0.6 is 0 Å². The first-order valence-corrected chi connectivity index (χ1v) is 6.33. The number of methoxy groups -OCH3 is 1. The first-order valence-electron chi connectivity index (χ1n) is 6.33. The van der Waals surface area contributed by atoms with Gasteiger partial charge in [-0.2, -0.15) is 0 Å². The molecule has 2 rings (SSSR count).